The van der Waals surface area contributed by atoms with Crippen molar-refractivity contribution in [3.8, 4) is 5.75 Å². The third kappa shape index (κ3) is 2.75. The van der Waals surface area contributed by atoms with Crippen LogP contribution in [0.25, 0.3) is 0 Å². The van der Waals surface area contributed by atoms with Crippen molar-refractivity contribution in [2.75, 3.05) is 12.4 Å². The van der Waals surface area contributed by atoms with Crippen molar-refractivity contribution >= 4 is 55.3 Å². The van der Waals surface area contributed by atoms with E-state index >= 15 is 0 Å². The maximum absolute atomic E-state index is 13.0. The van der Waals surface area contributed by atoms with E-state index in [1.54, 1.807) is 31.2 Å². The van der Waals surface area contributed by atoms with Crippen LogP contribution in [-0.4, -0.2) is 45.4 Å². The number of anilines is 1. The summed E-state index contributed by atoms with van der Waals surface area (Å²) < 4.78 is 5.24. The molecule has 27 heavy (non-hydrogen) atoms. The zero-order valence-corrected chi connectivity index (χ0v) is 18.1. The number of hydrogen-bond donors (Lipinski definition) is 1. The van der Waals surface area contributed by atoms with Crippen LogP contribution in [-0.2, 0) is 14.4 Å². The largest absolute Gasteiger partial charge is 0.495 e. The van der Waals surface area contributed by atoms with Crippen LogP contribution >= 0.6 is 31.9 Å². The number of benzene rings is 1. The molecule has 1 saturated heterocycles. The lowest BCUT2D eigenvalue weighted by molar-refractivity contribution is -0.146. The summed E-state index contributed by atoms with van der Waals surface area (Å²) in [4.78, 5) is 40.3. The maximum Gasteiger partial charge on any atom is 0.247 e. The summed E-state index contributed by atoms with van der Waals surface area (Å²) in [7, 11) is 1.52. The number of fused-ring (bicyclic) bond motifs is 5. The van der Waals surface area contributed by atoms with Crippen LogP contribution in [0.1, 0.15) is 13.3 Å². The van der Waals surface area contributed by atoms with Crippen molar-refractivity contribution in [2.45, 2.75) is 29.0 Å². The highest BCUT2D eigenvalue weighted by atomic mass is 79.9. The number of rotatable bonds is 4. The van der Waals surface area contributed by atoms with Crippen molar-refractivity contribution < 1.29 is 19.1 Å². The second-order valence-electron chi connectivity index (χ2n) is 7.42. The van der Waals surface area contributed by atoms with Gasteiger partial charge in [-0.3, -0.25) is 19.3 Å². The molecular formula is C19H20Br2N2O4. The van der Waals surface area contributed by atoms with Crippen LogP contribution in [0.2, 0.25) is 0 Å². The molecule has 2 aliphatic carbocycles. The molecule has 4 rings (SSSR count). The Morgan fingerprint density at radius 1 is 1.15 bits per heavy atom. The Morgan fingerprint density at radius 3 is 2.26 bits per heavy atom. The lowest BCUT2D eigenvalue weighted by Crippen LogP contribution is -2.46. The number of carbonyl (C=O) groups is 3. The Labute approximate surface area is 174 Å². The van der Waals surface area contributed by atoms with E-state index in [1.807, 2.05) is 0 Å². The number of methoxy groups -OCH3 is 1. The molecule has 7 atom stereocenters. The molecule has 0 spiro atoms. The molecule has 1 N–H and O–H groups in total. The normalized spacial score (nSPS) is 35.3. The van der Waals surface area contributed by atoms with Crippen molar-refractivity contribution in [2.24, 2.45) is 23.7 Å². The van der Waals surface area contributed by atoms with Gasteiger partial charge in [0.25, 0.3) is 0 Å². The number of amides is 3. The molecule has 3 amide bonds. The zero-order valence-electron chi connectivity index (χ0n) is 14.9. The minimum atomic E-state index is -0.873. The number of nitrogens with zero attached hydrogens (tertiary/aromatic N) is 1. The summed E-state index contributed by atoms with van der Waals surface area (Å²) in [5.41, 5.74) is 0.511. The standard InChI is InChI=1S/C19H20Br2N2O4/c1-8(17(24)22-11-5-3-4-6-12(11)27-2)23-18(25)13-9-7-10(14(13)19(23)26)16(21)15(9)20/h3-6,8-10,13-16H,7H2,1-2H3,(H,22,24)/t8-,9-,10-,13-,14+,15-,16+/m0/s1. The molecule has 6 nitrogen and oxygen atoms in total. The van der Waals surface area contributed by atoms with Crippen LogP contribution < -0.4 is 10.1 Å². The highest BCUT2D eigenvalue weighted by molar-refractivity contribution is 9.12. The molecule has 1 aliphatic heterocycles. The fraction of sp³-hybridized carbons (Fsp3) is 0.526. The first kappa shape index (κ1) is 18.9. The van der Waals surface area contributed by atoms with E-state index in [1.165, 1.54) is 12.0 Å². The molecule has 2 saturated carbocycles. The molecule has 1 aromatic rings. The highest BCUT2D eigenvalue weighted by Crippen LogP contribution is 2.60. The van der Waals surface area contributed by atoms with Gasteiger partial charge in [0.2, 0.25) is 17.7 Å². The minimum absolute atomic E-state index is 0.135. The first-order valence-electron chi connectivity index (χ1n) is 8.95. The molecule has 0 aromatic heterocycles. The molecule has 1 aromatic carbocycles. The van der Waals surface area contributed by atoms with Gasteiger partial charge in [0.15, 0.2) is 0 Å². The summed E-state index contributed by atoms with van der Waals surface area (Å²) in [6.07, 6.45) is 0.869. The number of ether oxygens (including phenoxy) is 1. The molecule has 0 unspecified atom stereocenters. The predicted octanol–water partition coefficient (Wildman–Crippen LogP) is 2.80. The van der Waals surface area contributed by atoms with Gasteiger partial charge in [-0.05, 0) is 37.3 Å². The Bertz CT molecular complexity index is 785. The summed E-state index contributed by atoms with van der Waals surface area (Å²) in [6.45, 7) is 1.60. The monoisotopic (exact) mass is 498 g/mol. The average Bonchev–Trinajstić information content (AvgIpc) is 3.26. The quantitative estimate of drug-likeness (QED) is 0.510. The molecule has 1 heterocycles. The van der Waals surface area contributed by atoms with E-state index in [-0.39, 0.29) is 45.1 Å². The van der Waals surface area contributed by atoms with Gasteiger partial charge in [-0.25, -0.2) is 0 Å². The first-order chi connectivity index (χ1) is 12.9. The van der Waals surface area contributed by atoms with Crippen molar-refractivity contribution in [1.82, 2.24) is 4.90 Å². The van der Waals surface area contributed by atoms with E-state index in [0.717, 1.165) is 6.42 Å². The summed E-state index contributed by atoms with van der Waals surface area (Å²) in [6, 6.07) is 6.17. The van der Waals surface area contributed by atoms with Gasteiger partial charge in [0.1, 0.15) is 11.8 Å². The molecule has 144 valence electrons. The van der Waals surface area contributed by atoms with E-state index in [0.29, 0.717) is 11.4 Å². The van der Waals surface area contributed by atoms with Crippen LogP contribution in [0.15, 0.2) is 24.3 Å². The molecule has 2 bridgehead atoms. The fourth-order valence-corrected chi connectivity index (χ4v) is 6.73. The minimum Gasteiger partial charge on any atom is -0.495 e. The number of carbonyl (C=O) groups excluding carboxylic acids is 3. The van der Waals surface area contributed by atoms with Crippen LogP contribution in [0, 0.1) is 23.7 Å². The zero-order chi connectivity index (χ0) is 19.5. The van der Waals surface area contributed by atoms with Gasteiger partial charge >= 0.3 is 0 Å². The van der Waals surface area contributed by atoms with Gasteiger partial charge in [0, 0.05) is 9.65 Å². The Morgan fingerprint density at radius 2 is 1.70 bits per heavy atom. The maximum atomic E-state index is 13.0. The van der Waals surface area contributed by atoms with E-state index < -0.39 is 11.9 Å². The molecule has 3 aliphatic rings. The van der Waals surface area contributed by atoms with E-state index in [2.05, 4.69) is 37.2 Å². The number of nitrogens with one attached hydrogen (secondary N) is 1. The fourth-order valence-electron chi connectivity index (χ4n) is 4.86. The van der Waals surface area contributed by atoms with Gasteiger partial charge in [-0.2, -0.15) is 0 Å². The third-order valence-corrected chi connectivity index (χ3v) is 9.36. The second kappa shape index (κ2) is 6.88. The molecular weight excluding hydrogens is 480 g/mol. The van der Waals surface area contributed by atoms with Crippen LogP contribution in [0.5, 0.6) is 5.75 Å². The Hall–Kier alpha value is -1.41. The number of halogens is 2. The van der Waals surface area contributed by atoms with Gasteiger partial charge in [-0.15, -0.1) is 0 Å². The Balaban J connectivity index is 1.54. The lowest BCUT2D eigenvalue weighted by atomic mass is 9.81. The number of para-hydroxylation sites is 2. The smallest absolute Gasteiger partial charge is 0.247 e. The number of alkyl halides is 2. The van der Waals surface area contributed by atoms with E-state index in [9.17, 15) is 14.4 Å². The van der Waals surface area contributed by atoms with Crippen LogP contribution in [0.3, 0.4) is 0 Å². The van der Waals surface area contributed by atoms with Gasteiger partial charge < -0.3 is 10.1 Å². The number of imide groups is 1. The summed E-state index contributed by atoms with van der Waals surface area (Å²) in [5.74, 6) is -0.682. The third-order valence-electron chi connectivity index (χ3n) is 6.15. The Kier molecular flexibility index (Phi) is 4.83. The summed E-state index contributed by atoms with van der Waals surface area (Å²) >= 11 is 7.34. The molecule has 8 heteroatoms. The van der Waals surface area contributed by atoms with Crippen molar-refractivity contribution in [3.63, 3.8) is 0 Å². The van der Waals surface area contributed by atoms with Gasteiger partial charge in [0.05, 0.1) is 24.6 Å². The first-order valence-corrected chi connectivity index (χ1v) is 10.8. The van der Waals surface area contributed by atoms with Crippen LogP contribution in [0.4, 0.5) is 5.69 Å². The molecule has 0 radical (unpaired) electrons. The van der Waals surface area contributed by atoms with Crippen molar-refractivity contribution in [3.05, 3.63) is 24.3 Å². The van der Waals surface area contributed by atoms with Gasteiger partial charge in [-0.1, -0.05) is 44.0 Å². The van der Waals surface area contributed by atoms with Crippen molar-refractivity contribution in [1.29, 1.82) is 0 Å². The second-order valence-corrected chi connectivity index (χ2v) is 9.53. The van der Waals surface area contributed by atoms with E-state index in [4.69, 9.17) is 4.74 Å². The topological polar surface area (TPSA) is 75.7 Å². The average molecular weight is 500 g/mol. The summed E-state index contributed by atoms with van der Waals surface area (Å²) in [5, 5.41) is 2.77. The predicted molar refractivity (Wildman–Crippen MR) is 107 cm³/mol. The molecule has 3 fully saturated rings. The lowest BCUT2D eigenvalue weighted by Gasteiger charge is -2.28. The number of hydrogen-bond acceptors (Lipinski definition) is 4. The SMILES string of the molecule is COc1ccccc1NC(=O)[C@H](C)N1C(=O)[C@@H]2[C@@H]3C[C@H]([C@H](Br)[C@@H]3Br)[C@@H]2C1=O. The number of likely N-dealkylation sites (tertiary alicyclic amines) is 1. The highest BCUT2D eigenvalue weighted by Gasteiger charge is 2.67.